The molecule has 1 aromatic carbocycles. The third kappa shape index (κ3) is 3.62. The highest BCUT2D eigenvalue weighted by Gasteiger charge is 2.58. The van der Waals surface area contributed by atoms with E-state index in [1.807, 2.05) is 58.8 Å². The molecule has 2 saturated heterocycles. The van der Waals surface area contributed by atoms with Gasteiger partial charge in [-0.25, -0.2) is 4.98 Å². The number of imidazole rings is 1. The van der Waals surface area contributed by atoms with Crippen molar-refractivity contribution in [3.63, 3.8) is 0 Å². The van der Waals surface area contributed by atoms with E-state index in [0.29, 0.717) is 39.2 Å². The van der Waals surface area contributed by atoms with Crippen LogP contribution in [0.1, 0.15) is 29.2 Å². The molecular formula is C23H30N4O3. The molecule has 7 heteroatoms. The summed E-state index contributed by atoms with van der Waals surface area (Å²) in [5.41, 5.74) is 2.45. The maximum Gasteiger partial charge on any atom is 0.231 e. The first-order valence-corrected chi connectivity index (χ1v) is 10.5. The van der Waals surface area contributed by atoms with E-state index in [1.54, 1.807) is 13.4 Å². The standard InChI is InChI=1S/C23H30N4O3/c1-17-6-4-5-7-18(17)12-21(28)27-13-19(20-14-25(2)16-24-20)23(15-27)8-9-26(22(23)29)10-11-30-3/h4-7,14,16,19H,8-13,15H2,1-3H3. The number of ether oxygens (including phenoxy) is 1. The predicted octanol–water partition coefficient (Wildman–Crippen LogP) is 1.76. The van der Waals surface area contributed by atoms with Gasteiger partial charge >= 0.3 is 0 Å². The Kier molecular flexibility index (Phi) is 5.64. The third-order valence-corrected chi connectivity index (χ3v) is 6.69. The normalized spacial score (nSPS) is 23.7. The van der Waals surface area contributed by atoms with E-state index in [1.165, 1.54) is 0 Å². The maximum absolute atomic E-state index is 13.5. The molecule has 7 nitrogen and oxygen atoms in total. The third-order valence-electron chi connectivity index (χ3n) is 6.69. The number of hydrogen-bond donors (Lipinski definition) is 0. The Hall–Kier alpha value is -2.67. The van der Waals surface area contributed by atoms with E-state index in [9.17, 15) is 9.59 Å². The van der Waals surface area contributed by atoms with Crippen LogP contribution in [0.2, 0.25) is 0 Å². The number of carbonyl (C=O) groups excluding carboxylic acids is 2. The summed E-state index contributed by atoms with van der Waals surface area (Å²) in [6.07, 6.45) is 4.85. The summed E-state index contributed by atoms with van der Waals surface area (Å²) in [5.74, 6) is 0.117. The van der Waals surface area contributed by atoms with E-state index in [0.717, 1.165) is 23.2 Å². The van der Waals surface area contributed by atoms with Gasteiger partial charge in [-0.3, -0.25) is 9.59 Å². The molecule has 2 aliphatic heterocycles. The fraction of sp³-hybridized carbons (Fsp3) is 0.522. The second-order valence-corrected chi connectivity index (χ2v) is 8.59. The number of amides is 2. The molecule has 0 bridgehead atoms. The highest BCUT2D eigenvalue weighted by molar-refractivity contribution is 5.89. The lowest BCUT2D eigenvalue weighted by Gasteiger charge is -2.27. The summed E-state index contributed by atoms with van der Waals surface area (Å²) in [6.45, 7) is 4.83. The average molecular weight is 411 g/mol. The van der Waals surface area contributed by atoms with Gasteiger partial charge in [0, 0.05) is 52.5 Å². The number of nitrogens with zero attached hydrogens (tertiary/aromatic N) is 4. The first kappa shape index (κ1) is 20.6. The average Bonchev–Trinajstić information content (AvgIpc) is 3.41. The quantitative estimate of drug-likeness (QED) is 0.728. The summed E-state index contributed by atoms with van der Waals surface area (Å²) in [6, 6.07) is 7.98. The molecular weight excluding hydrogens is 380 g/mol. The molecule has 3 heterocycles. The number of hydrogen-bond acceptors (Lipinski definition) is 4. The molecule has 2 aromatic rings. The van der Waals surface area contributed by atoms with Crippen molar-refractivity contribution < 1.29 is 14.3 Å². The van der Waals surface area contributed by atoms with Crippen LogP contribution in [-0.2, 0) is 27.8 Å². The van der Waals surface area contributed by atoms with Gasteiger partial charge in [-0.15, -0.1) is 0 Å². The second-order valence-electron chi connectivity index (χ2n) is 8.59. The lowest BCUT2D eigenvalue weighted by Crippen LogP contribution is -2.41. The van der Waals surface area contributed by atoms with Crippen molar-refractivity contribution in [3.05, 3.63) is 53.6 Å². The van der Waals surface area contributed by atoms with Gasteiger partial charge in [0.15, 0.2) is 0 Å². The van der Waals surface area contributed by atoms with Gasteiger partial charge in [0.05, 0.1) is 30.5 Å². The van der Waals surface area contributed by atoms with Crippen LogP contribution < -0.4 is 0 Å². The van der Waals surface area contributed by atoms with Gasteiger partial charge in [0.2, 0.25) is 11.8 Å². The molecule has 30 heavy (non-hydrogen) atoms. The summed E-state index contributed by atoms with van der Waals surface area (Å²) < 4.78 is 7.09. The molecule has 0 N–H and O–H groups in total. The molecule has 0 aliphatic carbocycles. The van der Waals surface area contributed by atoms with Crippen molar-refractivity contribution in [1.29, 1.82) is 0 Å². The predicted molar refractivity (Wildman–Crippen MR) is 113 cm³/mol. The largest absolute Gasteiger partial charge is 0.383 e. The number of aryl methyl sites for hydroxylation is 2. The maximum atomic E-state index is 13.5. The van der Waals surface area contributed by atoms with E-state index >= 15 is 0 Å². The highest BCUT2D eigenvalue weighted by Crippen LogP contribution is 2.49. The van der Waals surface area contributed by atoms with E-state index in [-0.39, 0.29) is 17.7 Å². The number of likely N-dealkylation sites (tertiary alicyclic amines) is 2. The first-order valence-electron chi connectivity index (χ1n) is 10.5. The SMILES string of the molecule is COCCN1CCC2(CN(C(=O)Cc3ccccc3C)CC2c2cn(C)cn2)C1=O. The molecule has 4 rings (SSSR count). The van der Waals surface area contributed by atoms with Crippen molar-refractivity contribution in [3.8, 4) is 0 Å². The minimum atomic E-state index is -0.594. The van der Waals surface area contributed by atoms with Crippen LogP contribution in [0, 0.1) is 12.3 Å². The monoisotopic (exact) mass is 410 g/mol. The van der Waals surface area contributed by atoms with Crippen LogP contribution in [-0.4, -0.2) is 71.1 Å². The fourth-order valence-corrected chi connectivity index (χ4v) is 4.92. The van der Waals surface area contributed by atoms with Crippen LogP contribution in [0.15, 0.2) is 36.8 Å². The zero-order chi connectivity index (χ0) is 21.3. The lowest BCUT2D eigenvalue weighted by atomic mass is 9.75. The van der Waals surface area contributed by atoms with Gasteiger partial charge in [-0.1, -0.05) is 24.3 Å². The molecule has 2 fully saturated rings. The Balaban J connectivity index is 1.59. The number of carbonyl (C=O) groups is 2. The van der Waals surface area contributed by atoms with Crippen LogP contribution in [0.4, 0.5) is 0 Å². The molecule has 160 valence electrons. The van der Waals surface area contributed by atoms with Crippen LogP contribution in [0.5, 0.6) is 0 Å². The van der Waals surface area contributed by atoms with Gasteiger partial charge < -0.3 is 19.1 Å². The Morgan fingerprint density at radius 2 is 2.13 bits per heavy atom. The minimum Gasteiger partial charge on any atom is -0.383 e. The minimum absolute atomic E-state index is 0.0743. The van der Waals surface area contributed by atoms with Crippen molar-refractivity contribution in [1.82, 2.24) is 19.4 Å². The topological polar surface area (TPSA) is 67.7 Å². The highest BCUT2D eigenvalue weighted by atomic mass is 16.5. The summed E-state index contributed by atoms with van der Waals surface area (Å²) in [4.78, 5) is 35.0. The molecule has 2 aliphatic rings. The van der Waals surface area contributed by atoms with E-state index in [2.05, 4.69) is 4.98 Å². The van der Waals surface area contributed by atoms with Gasteiger partial charge in [-0.05, 0) is 24.5 Å². The molecule has 2 amide bonds. The van der Waals surface area contributed by atoms with E-state index < -0.39 is 5.41 Å². The van der Waals surface area contributed by atoms with Crippen molar-refractivity contribution in [2.75, 3.05) is 39.9 Å². The Bertz CT molecular complexity index is 940. The summed E-state index contributed by atoms with van der Waals surface area (Å²) in [5, 5.41) is 0. The van der Waals surface area contributed by atoms with Gasteiger partial charge in [0.1, 0.15) is 0 Å². The van der Waals surface area contributed by atoms with Crippen molar-refractivity contribution in [2.45, 2.75) is 25.7 Å². The number of benzene rings is 1. The first-order chi connectivity index (χ1) is 14.4. The van der Waals surface area contributed by atoms with E-state index in [4.69, 9.17) is 4.74 Å². The molecule has 0 saturated carbocycles. The lowest BCUT2D eigenvalue weighted by molar-refractivity contribution is -0.137. The number of aromatic nitrogens is 2. The summed E-state index contributed by atoms with van der Waals surface area (Å²) in [7, 11) is 3.58. The number of rotatable bonds is 6. The number of methoxy groups -OCH3 is 1. The van der Waals surface area contributed by atoms with Gasteiger partial charge in [0.25, 0.3) is 0 Å². The molecule has 0 radical (unpaired) electrons. The molecule has 1 aromatic heterocycles. The van der Waals surface area contributed by atoms with Gasteiger partial charge in [-0.2, -0.15) is 0 Å². The van der Waals surface area contributed by atoms with Crippen LogP contribution in [0.25, 0.3) is 0 Å². The summed E-state index contributed by atoms with van der Waals surface area (Å²) >= 11 is 0. The molecule has 2 atom stereocenters. The van der Waals surface area contributed by atoms with Crippen molar-refractivity contribution >= 4 is 11.8 Å². The zero-order valence-corrected chi connectivity index (χ0v) is 18.0. The second kappa shape index (κ2) is 8.22. The fourth-order valence-electron chi connectivity index (χ4n) is 4.92. The molecule has 1 spiro atoms. The Morgan fingerprint density at radius 3 is 2.83 bits per heavy atom. The van der Waals surface area contributed by atoms with Crippen LogP contribution >= 0.6 is 0 Å². The Morgan fingerprint density at radius 1 is 1.33 bits per heavy atom. The smallest absolute Gasteiger partial charge is 0.231 e. The Labute approximate surface area is 177 Å². The molecule has 2 unspecified atom stereocenters. The van der Waals surface area contributed by atoms with Crippen molar-refractivity contribution in [2.24, 2.45) is 12.5 Å². The zero-order valence-electron chi connectivity index (χ0n) is 18.0. The van der Waals surface area contributed by atoms with Crippen LogP contribution in [0.3, 0.4) is 0 Å².